The number of benzene rings is 3. The van der Waals surface area contributed by atoms with E-state index in [9.17, 15) is 18.0 Å². The van der Waals surface area contributed by atoms with Gasteiger partial charge in [0.15, 0.2) is 0 Å². The molecule has 43 heavy (non-hydrogen) atoms. The molecule has 0 aliphatic heterocycles. The van der Waals surface area contributed by atoms with E-state index in [4.69, 9.17) is 4.74 Å². The maximum absolute atomic E-state index is 15.1. The Bertz CT molecular complexity index is 1340. The van der Waals surface area contributed by atoms with Gasteiger partial charge in [-0.3, -0.25) is 4.79 Å². The third-order valence-corrected chi connectivity index (χ3v) is 6.95. The molecule has 3 rings (SSSR count). The molecule has 1 atom stereocenters. The normalized spacial score (nSPS) is 12.9. The Balaban J connectivity index is 2.28. The van der Waals surface area contributed by atoms with Crippen LogP contribution in [0.15, 0.2) is 66.7 Å². The molecule has 0 amide bonds. The first kappa shape index (κ1) is 33.8. The fraction of sp³-hybridized carbons (Fsp3) is 0.424. The van der Waals surface area contributed by atoms with Gasteiger partial charge in [-0.1, -0.05) is 70.2 Å². The van der Waals surface area contributed by atoms with Gasteiger partial charge < -0.3 is 14.4 Å². The summed E-state index contributed by atoms with van der Waals surface area (Å²) in [4.78, 5) is 14.6. The van der Waals surface area contributed by atoms with Gasteiger partial charge in [0, 0.05) is 13.1 Å². The minimum absolute atomic E-state index is 0.0210. The third kappa shape index (κ3) is 9.66. The fourth-order valence-corrected chi connectivity index (χ4v) is 4.96. The minimum atomic E-state index is -4.87. The minimum Gasteiger partial charge on any atom is -0.469 e. The summed E-state index contributed by atoms with van der Waals surface area (Å²) >= 11 is 0. The summed E-state index contributed by atoms with van der Waals surface area (Å²) in [6, 6.07) is 16.9. The summed E-state index contributed by atoms with van der Waals surface area (Å²) in [5.74, 6) is -2.31. The highest BCUT2D eigenvalue weighted by atomic mass is 19.4. The van der Waals surface area contributed by atoms with Crippen LogP contribution in [0.25, 0.3) is 11.1 Å². The first-order chi connectivity index (χ1) is 20.1. The molecule has 0 aliphatic rings. The number of anilines is 1. The number of ether oxygens (including phenoxy) is 2. The standard InChI is InChI=1S/C33H37F6NO3/c1-21(2)15-16-40(20-23-11-13-26(14-12-23)43-33(37,38)39)29-19-25(24-9-7-6-8-10-24)18-27(30(29)32(34,35)36)28(17-22(3)4)31(41)42-5/h6-14,18-19,21-22,28H,15-17,20H2,1-5H3. The van der Waals surface area contributed by atoms with Gasteiger partial charge in [-0.15, -0.1) is 13.2 Å². The quantitative estimate of drug-likeness (QED) is 0.151. The van der Waals surface area contributed by atoms with Crippen molar-refractivity contribution in [2.75, 3.05) is 18.6 Å². The number of rotatable bonds is 12. The van der Waals surface area contributed by atoms with Crippen molar-refractivity contribution >= 4 is 11.7 Å². The number of hydrogen-bond donors (Lipinski definition) is 0. The van der Waals surface area contributed by atoms with E-state index in [1.165, 1.54) is 24.3 Å². The van der Waals surface area contributed by atoms with Crippen LogP contribution in [0.5, 0.6) is 5.75 Å². The Kier molecular flexibility index (Phi) is 11.2. The van der Waals surface area contributed by atoms with Crippen LogP contribution in [0.1, 0.15) is 63.1 Å². The van der Waals surface area contributed by atoms with Gasteiger partial charge in [0.25, 0.3) is 0 Å². The Morgan fingerprint density at radius 3 is 1.98 bits per heavy atom. The molecule has 3 aromatic rings. The van der Waals surface area contributed by atoms with Gasteiger partial charge in [0.05, 0.1) is 24.3 Å². The Hall–Kier alpha value is -3.69. The van der Waals surface area contributed by atoms with Crippen LogP contribution >= 0.6 is 0 Å². The number of halogens is 6. The van der Waals surface area contributed by atoms with E-state index in [1.807, 2.05) is 27.7 Å². The molecular weight excluding hydrogens is 572 g/mol. The van der Waals surface area contributed by atoms with E-state index in [1.54, 1.807) is 35.2 Å². The van der Waals surface area contributed by atoms with Crippen LogP contribution in [0, 0.1) is 11.8 Å². The zero-order chi connectivity index (χ0) is 31.9. The summed E-state index contributed by atoms with van der Waals surface area (Å²) in [5, 5.41) is 0. The molecular formula is C33H37F6NO3. The zero-order valence-corrected chi connectivity index (χ0v) is 24.9. The van der Waals surface area contributed by atoms with Crippen molar-refractivity contribution in [1.29, 1.82) is 0 Å². The van der Waals surface area contributed by atoms with Gasteiger partial charge in [-0.05, 0) is 71.2 Å². The van der Waals surface area contributed by atoms with E-state index in [-0.39, 0.29) is 42.6 Å². The van der Waals surface area contributed by atoms with Crippen LogP contribution in [0.2, 0.25) is 0 Å². The van der Waals surface area contributed by atoms with Gasteiger partial charge in [-0.25, -0.2) is 0 Å². The molecule has 234 valence electrons. The van der Waals surface area contributed by atoms with Crippen LogP contribution in [-0.2, 0) is 22.3 Å². The molecule has 0 aliphatic carbocycles. The zero-order valence-electron chi connectivity index (χ0n) is 24.9. The van der Waals surface area contributed by atoms with E-state index in [0.717, 1.165) is 19.2 Å². The molecule has 0 bridgehead atoms. The topological polar surface area (TPSA) is 38.8 Å². The number of alkyl halides is 6. The van der Waals surface area contributed by atoms with E-state index in [0.29, 0.717) is 23.1 Å². The average molecular weight is 610 g/mol. The maximum Gasteiger partial charge on any atom is 0.573 e. The lowest BCUT2D eigenvalue weighted by molar-refractivity contribution is -0.274. The lowest BCUT2D eigenvalue weighted by Gasteiger charge is -2.32. The van der Waals surface area contributed by atoms with Gasteiger partial charge in [-0.2, -0.15) is 13.2 Å². The highest BCUT2D eigenvalue weighted by Gasteiger charge is 2.42. The highest BCUT2D eigenvalue weighted by molar-refractivity contribution is 5.82. The smallest absolute Gasteiger partial charge is 0.469 e. The summed E-state index contributed by atoms with van der Waals surface area (Å²) < 4.78 is 92.3. The monoisotopic (exact) mass is 609 g/mol. The molecule has 0 spiro atoms. The predicted octanol–water partition coefficient (Wildman–Crippen LogP) is 9.63. The van der Waals surface area contributed by atoms with Crippen LogP contribution < -0.4 is 9.64 Å². The molecule has 0 N–H and O–H groups in total. The largest absolute Gasteiger partial charge is 0.573 e. The summed E-state index contributed by atoms with van der Waals surface area (Å²) in [5.41, 5.74) is 0.448. The Morgan fingerprint density at radius 2 is 1.47 bits per heavy atom. The molecule has 10 heteroatoms. The fourth-order valence-electron chi connectivity index (χ4n) is 4.96. The first-order valence-electron chi connectivity index (χ1n) is 14.1. The molecule has 3 aromatic carbocycles. The number of hydrogen-bond acceptors (Lipinski definition) is 4. The number of carbonyl (C=O) groups is 1. The lowest BCUT2D eigenvalue weighted by Crippen LogP contribution is -2.30. The van der Waals surface area contributed by atoms with Crippen LogP contribution in [-0.4, -0.2) is 26.0 Å². The number of methoxy groups -OCH3 is 1. The predicted molar refractivity (Wildman–Crippen MR) is 155 cm³/mol. The molecule has 0 aromatic heterocycles. The second-order valence-electron chi connectivity index (χ2n) is 11.3. The summed E-state index contributed by atoms with van der Waals surface area (Å²) in [7, 11) is 1.16. The SMILES string of the molecule is COC(=O)C(CC(C)C)c1cc(-c2ccccc2)cc(N(CCC(C)C)Cc2ccc(OC(F)(F)F)cc2)c1C(F)(F)F. The van der Waals surface area contributed by atoms with Crippen molar-refractivity contribution in [3.8, 4) is 16.9 Å². The lowest BCUT2D eigenvalue weighted by atomic mass is 9.84. The highest BCUT2D eigenvalue weighted by Crippen LogP contribution is 2.46. The van der Waals surface area contributed by atoms with Crippen molar-refractivity contribution in [1.82, 2.24) is 0 Å². The van der Waals surface area contributed by atoms with Gasteiger partial charge in [0.2, 0.25) is 0 Å². The number of carbonyl (C=O) groups excluding carboxylic acids is 1. The van der Waals surface area contributed by atoms with Crippen molar-refractivity contribution < 1.29 is 40.6 Å². The molecule has 0 radical (unpaired) electrons. The molecule has 0 heterocycles. The molecule has 0 saturated heterocycles. The van der Waals surface area contributed by atoms with Crippen LogP contribution in [0.4, 0.5) is 32.0 Å². The Labute approximate surface area is 248 Å². The molecule has 0 fully saturated rings. The van der Waals surface area contributed by atoms with E-state index >= 15 is 13.2 Å². The average Bonchev–Trinajstić information content (AvgIpc) is 2.92. The van der Waals surface area contributed by atoms with E-state index < -0.39 is 35.7 Å². The summed E-state index contributed by atoms with van der Waals surface area (Å²) in [6.07, 6.45) is -9.01. The van der Waals surface area contributed by atoms with E-state index in [2.05, 4.69) is 4.74 Å². The van der Waals surface area contributed by atoms with Crippen LogP contribution in [0.3, 0.4) is 0 Å². The summed E-state index contributed by atoms with van der Waals surface area (Å²) in [6.45, 7) is 7.76. The second kappa shape index (κ2) is 14.2. The Morgan fingerprint density at radius 1 is 0.837 bits per heavy atom. The first-order valence-corrected chi connectivity index (χ1v) is 14.1. The molecule has 4 nitrogen and oxygen atoms in total. The van der Waals surface area contributed by atoms with Crippen molar-refractivity contribution in [3.63, 3.8) is 0 Å². The third-order valence-electron chi connectivity index (χ3n) is 6.95. The van der Waals surface area contributed by atoms with Crippen molar-refractivity contribution in [2.24, 2.45) is 11.8 Å². The molecule has 0 saturated carbocycles. The number of esters is 1. The van der Waals surface area contributed by atoms with Gasteiger partial charge in [0.1, 0.15) is 5.75 Å². The maximum atomic E-state index is 15.1. The molecule has 1 unspecified atom stereocenters. The second-order valence-corrected chi connectivity index (χ2v) is 11.3. The van der Waals surface area contributed by atoms with Crippen molar-refractivity contribution in [2.45, 2.75) is 65.5 Å². The number of nitrogens with zero attached hydrogens (tertiary/aromatic N) is 1. The van der Waals surface area contributed by atoms with Crippen molar-refractivity contribution in [3.05, 3.63) is 83.4 Å². The van der Waals surface area contributed by atoms with Gasteiger partial charge >= 0.3 is 18.5 Å².